The Bertz CT molecular complexity index is 422. The molecule has 112 valence electrons. The molecule has 0 aliphatic heterocycles. The fraction of sp³-hybridized carbons (Fsp3) is 0.706. The largest absolute Gasteiger partial charge is 0.353 e. The maximum Gasteiger partial charge on any atom is 0.133 e. The lowest BCUT2D eigenvalue weighted by atomic mass is 10.1. The van der Waals surface area contributed by atoms with E-state index in [1.165, 1.54) is 37.7 Å². The Kier molecular flexibility index (Phi) is 5.41. The second-order valence-electron chi connectivity index (χ2n) is 6.45. The zero-order valence-corrected chi connectivity index (χ0v) is 13.2. The van der Waals surface area contributed by atoms with Gasteiger partial charge in [0.05, 0.1) is 0 Å². The normalized spacial score (nSPS) is 16.1. The Morgan fingerprint density at radius 2 is 2.00 bits per heavy atom. The van der Waals surface area contributed by atoms with Gasteiger partial charge in [0, 0.05) is 30.4 Å². The van der Waals surface area contributed by atoms with E-state index >= 15 is 0 Å². The topological polar surface area (TPSA) is 42.1 Å². The van der Waals surface area contributed by atoms with E-state index in [1.807, 2.05) is 0 Å². The molecule has 0 amide bonds. The number of nitrogens with two attached hydrogens (primary N) is 1. The summed E-state index contributed by atoms with van der Waals surface area (Å²) in [4.78, 5) is 7.36. The van der Waals surface area contributed by atoms with Gasteiger partial charge in [0.25, 0.3) is 0 Å². The van der Waals surface area contributed by atoms with Crippen LogP contribution in [0.3, 0.4) is 0 Å². The molecule has 20 heavy (non-hydrogen) atoms. The fourth-order valence-corrected chi connectivity index (χ4v) is 3.05. The molecule has 0 bridgehead atoms. The second-order valence-corrected chi connectivity index (χ2v) is 6.45. The molecule has 0 atom stereocenters. The monoisotopic (exact) mass is 275 g/mol. The average Bonchev–Trinajstić information content (AvgIpc) is 2.93. The summed E-state index contributed by atoms with van der Waals surface area (Å²) in [5, 5.41) is 0. The van der Waals surface area contributed by atoms with Crippen molar-refractivity contribution in [1.29, 1.82) is 0 Å². The molecule has 1 fully saturated rings. The lowest BCUT2D eigenvalue weighted by molar-refractivity contribution is 0.523. The average molecular weight is 275 g/mol. The van der Waals surface area contributed by atoms with Crippen molar-refractivity contribution in [2.45, 2.75) is 65.5 Å². The predicted molar refractivity (Wildman–Crippen MR) is 85.9 cm³/mol. The standard InChI is InChI=1S/C17H29N3/c1-13(2)10-11-20(16-6-4-5-7-16)17-15(12-18)9-8-14(3)19-17/h8-9,13,16H,4-7,10-12,18H2,1-3H3. The van der Waals surface area contributed by atoms with Gasteiger partial charge in [-0.2, -0.15) is 0 Å². The van der Waals surface area contributed by atoms with E-state index in [2.05, 4.69) is 37.8 Å². The molecule has 1 aromatic rings. The van der Waals surface area contributed by atoms with Gasteiger partial charge in [0.15, 0.2) is 0 Å². The highest BCUT2D eigenvalue weighted by atomic mass is 15.2. The van der Waals surface area contributed by atoms with E-state index in [-0.39, 0.29) is 0 Å². The summed E-state index contributed by atoms with van der Waals surface area (Å²) < 4.78 is 0. The third kappa shape index (κ3) is 3.72. The molecule has 1 aliphatic rings. The van der Waals surface area contributed by atoms with Gasteiger partial charge >= 0.3 is 0 Å². The fourth-order valence-electron chi connectivity index (χ4n) is 3.05. The van der Waals surface area contributed by atoms with Crippen LogP contribution in [0.1, 0.15) is 57.2 Å². The lowest BCUT2D eigenvalue weighted by Gasteiger charge is -2.32. The summed E-state index contributed by atoms with van der Waals surface area (Å²) in [5.74, 6) is 1.87. The third-order valence-electron chi connectivity index (χ3n) is 4.30. The minimum atomic E-state index is 0.577. The van der Waals surface area contributed by atoms with Crippen LogP contribution in [0.5, 0.6) is 0 Å². The van der Waals surface area contributed by atoms with Crippen molar-refractivity contribution in [3.05, 3.63) is 23.4 Å². The van der Waals surface area contributed by atoms with Gasteiger partial charge in [0.1, 0.15) is 5.82 Å². The second kappa shape index (κ2) is 7.07. The first-order valence-corrected chi connectivity index (χ1v) is 8.05. The molecule has 3 nitrogen and oxygen atoms in total. The van der Waals surface area contributed by atoms with Crippen molar-refractivity contribution in [1.82, 2.24) is 4.98 Å². The molecule has 2 N–H and O–H groups in total. The van der Waals surface area contributed by atoms with Gasteiger partial charge in [-0.3, -0.25) is 0 Å². The minimum absolute atomic E-state index is 0.577. The Morgan fingerprint density at radius 3 is 2.60 bits per heavy atom. The summed E-state index contributed by atoms with van der Waals surface area (Å²) in [6, 6.07) is 4.88. The van der Waals surface area contributed by atoms with Gasteiger partial charge < -0.3 is 10.6 Å². The van der Waals surface area contributed by atoms with Gasteiger partial charge in [-0.05, 0) is 38.2 Å². The molecule has 1 aliphatic carbocycles. The number of nitrogens with zero attached hydrogens (tertiary/aromatic N) is 2. The number of aromatic nitrogens is 1. The SMILES string of the molecule is Cc1ccc(CN)c(N(CCC(C)C)C2CCCC2)n1. The van der Waals surface area contributed by atoms with Crippen molar-refractivity contribution in [2.75, 3.05) is 11.4 Å². The maximum absolute atomic E-state index is 5.93. The smallest absolute Gasteiger partial charge is 0.133 e. The van der Waals surface area contributed by atoms with E-state index in [1.54, 1.807) is 0 Å². The number of rotatable bonds is 6. The molecule has 1 aromatic heterocycles. The highest BCUT2D eigenvalue weighted by Crippen LogP contribution is 2.30. The Morgan fingerprint density at radius 1 is 1.30 bits per heavy atom. The van der Waals surface area contributed by atoms with Crippen molar-refractivity contribution in [3.8, 4) is 0 Å². The molecule has 0 unspecified atom stereocenters. The third-order valence-corrected chi connectivity index (χ3v) is 4.30. The molecule has 0 aromatic carbocycles. The molecule has 1 saturated carbocycles. The van der Waals surface area contributed by atoms with Gasteiger partial charge in [-0.15, -0.1) is 0 Å². The molecule has 3 heteroatoms. The lowest BCUT2D eigenvalue weighted by Crippen LogP contribution is -2.36. The summed E-state index contributed by atoms with van der Waals surface area (Å²) in [6.07, 6.45) is 6.53. The predicted octanol–water partition coefficient (Wildman–Crippen LogP) is 3.64. The van der Waals surface area contributed by atoms with Crippen LogP contribution in [0.4, 0.5) is 5.82 Å². The number of pyridine rings is 1. The Labute approximate surface area is 123 Å². The van der Waals surface area contributed by atoms with Crippen LogP contribution in [0.15, 0.2) is 12.1 Å². The highest BCUT2D eigenvalue weighted by Gasteiger charge is 2.25. The van der Waals surface area contributed by atoms with Crippen LogP contribution in [-0.2, 0) is 6.54 Å². The van der Waals surface area contributed by atoms with E-state index < -0.39 is 0 Å². The first-order chi connectivity index (χ1) is 9.61. The summed E-state index contributed by atoms with van der Waals surface area (Å²) in [7, 11) is 0. The number of hydrogen-bond acceptors (Lipinski definition) is 3. The van der Waals surface area contributed by atoms with Crippen molar-refractivity contribution < 1.29 is 0 Å². The number of aryl methyl sites for hydroxylation is 1. The van der Waals surface area contributed by atoms with Crippen LogP contribution >= 0.6 is 0 Å². The minimum Gasteiger partial charge on any atom is -0.353 e. The van der Waals surface area contributed by atoms with E-state index in [4.69, 9.17) is 10.7 Å². The molecular formula is C17H29N3. The van der Waals surface area contributed by atoms with E-state index in [0.29, 0.717) is 12.6 Å². The summed E-state index contributed by atoms with van der Waals surface area (Å²) in [6.45, 7) is 8.33. The van der Waals surface area contributed by atoms with Gasteiger partial charge in [-0.25, -0.2) is 4.98 Å². The summed E-state index contributed by atoms with van der Waals surface area (Å²) >= 11 is 0. The van der Waals surface area contributed by atoms with Crippen LogP contribution < -0.4 is 10.6 Å². The van der Waals surface area contributed by atoms with Crippen molar-refractivity contribution in [3.63, 3.8) is 0 Å². The van der Waals surface area contributed by atoms with Gasteiger partial charge in [-0.1, -0.05) is 32.8 Å². The molecule has 0 spiro atoms. The van der Waals surface area contributed by atoms with Crippen molar-refractivity contribution in [2.24, 2.45) is 11.7 Å². The zero-order chi connectivity index (χ0) is 14.5. The highest BCUT2D eigenvalue weighted by molar-refractivity contribution is 5.49. The number of hydrogen-bond donors (Lipinski definition) is 1. The van der Waals surface area contributed by atoms with Crippen LogP contribution in [0.2, 0.25) is 0 Å². The first kappa shape index (κ1) is 15.3. The molecule has 1 heterocycles. The Hall–Kier alpha value is -1.09. The Balaban J connectivity index is 2.26. The van der Waals surface area contributed by atoms with Crippen LogP contribution in [0, 0.1) is 12.8 Å². The first-order valence-electron chi connectivity index (χ1n) is 8.05. The van der Waals surface area contributed by atoms with E-state index in [0.717, 1.165) is 24.0 Å². The molecular weight excluding hydrogens is 246 g/mol. The van der Waals surface area contributed by atoms with E-state index in [9.17, 15) is 0 Å². The molecule has 0 radical (unpaired) electrons. The van der Waals surface area contributed by atoms with Crippen LogP contribution in [0.25, 0.3) is 0 Å². The molecule has 2 rings (SSSR count). The zero-order valence-electron chi connectivity index (χ0n) is 13.2. The maximum atomic E-state index is 5.93. The number of anilines is 1. The quantitative estimate of drug-likeness (QED) is 0.861. The van der Waals surface area contributed by atoms with Gasteiger partial charge in [0.2, 0.25) is 0 Å². The van der Waals surface area contributed by atoms with Crippen molar-refractivity contribution >= 4 is 5.82 Å². The van der Waals surface area contributed by atoms with Crippen LogP contribution in [-0.4, -0.2) is 17.6 Å². The summed E-state index contributed by atoms with van der Waals surface area (Å²) in [5.41, 5.74) is 8.20. The molecule has 0 saturated heterocycles.